The van der Waals surface area contributed by atoms with Crippen molar-refractivity contribution in [3.05, 3.63) is 42.7 Å². The van der Waals surface area contributed by atoms with E-state index in [1.54, 1.807) is 23.1 Å². The topological polar surface area (TPSA) is 60.2 Å². The minimum atomic E-state index is -0.302. The Morgan fingerprint density at radius 3 is 2.68 bits per heavy atom. The number of halogens is 1. The van der Waals surface area contributed by atoms with Crippen molar-refractivity contribution in [3.8, 4) is 11.4 Å². The summed E-state index contributed by atoms with van der Waals surface area (Å²) in [6.45, 7) is 6.68. The number of morpholine rings is 1. The summed E-state index contributed by atoms with van der Waals surface area (Å²) >= 11 is 1.34. The fourth-order valence-electron chi connectivity index (χ4n) is 2.53. The van der Waals surface area contributed by atoms with E-state index in [-0.39, 0.29) is 11.7 Å². The number of carbonyl (C=O) groups excluding carboxylic acids is 1. The molecular formula is C17H19FN4O2S. The number of rotatable bonds is 6. The molecule has 1 aliphatic heterocycles. The smallest absolute Gasteiger partial charge is 0.233 e. The van der Waals surface area contributed by atoms with Crippen molar-refractivity contribution in [3.63, 3.8) is 0 Å². The van der Waals surface area contributed by atoms with Crippen LogP contribution >= 0.6 is 11.8 Å². The quantitative estimate of drug-likeness (QED) is 0.583. The van der Waals surface area contributed by atoms with Gasteiger partial charge >= 0.3 is 0 Å². The number of thioether (sulfide) groups is 1. The van der Waals surface area contributed by atoms with E-state index in [0.717, 1.165) is 5.56 Å². The van der Waals surface area contributed by atoms with Gasteiger partial charge in [-0.1, -0.05) is 17.8 Å². The van der Waals surface area contributed by atoms with E-state index < -0.39 is 0 Å². The first-order valence-electron chi connectivity index (χ1n) is 7.97. The fraction of sp³-hybridized carbons (Fsp3) is 0.353. The molecule has 0 atom stereocenters. The van der Waals surface area contributed by atoms with Crippen LogP contribution in [0.1, 0.15) is 0 Å². The predicted octanol–water partition coefficient (Wildman–Crippen LogP) is 2.22. The molecule has 0 N–H and O–H groups in total. The highest BCUT2D eigenvalue weighted by Gasteiger charge is 2.19. The third-order valence-corrected chi connectivity index (χ3v) is 4.77. The number of carbonyl (C=O) groups is 1. The first-order chi connectivity index (χ1) is 12.2. The van der Waals surface area contributed by atoms with Gasteiger partial charge in [-0.2, -0.15) is 0 Å². The third-order valence-electron chi connectivity index (χ3n) is 3.82. The number of aromatic nitrogens is 3. The number of hydrogen-bond donors (Lipinski definition) is 0. The summed E-state index contributed by atoms with van der Waals surface area (Å²) < 4.78 is 20.3. The van der Waals surface area contributed by atoms with Crippen molar-refractivity contribution in [2.75, 3.05) is 32.1 Å². The Bertz CT molecular complexity index is 742. The van der Waals surface area contributed by atoms with Crippen molar-refractivity contribution in [1.29, 1.82) is 0 Å². The van der Waals surface area contributed by atoms with Crippen LogP contribution < -0.4 is 0 Å². The second-order valence-electron chi connectivity index (χ2n) is 5.49. The van der Waals surface area contributed by atoms with Gasteiger partial charge in [-0.05, 0) is 24.3 Å². The SMILES string of the molecule is C=CCn1c(SCC(=O)N2CCOCC2)nnc1-c1ccc(F)cc1. The number of ether oxygens (including phenoxy) is 1. The van der Waals surface area contributed by atoms with Crippen LogP contribution in [0.25, 0.3) is 11.4 Å². The normalized spacial score (nSPS) is 14.5. The predicted molar refractivity (Wildman–Crippen MR) is 93.7 cm³/mol. The van der Waals surface area contributed by atoms with Gasteiger partial charge in [0.2, 0.25) is 5.91 Å². The summed E-state index contributed by atoms with van der Waals surface area (Å²) in [5.74, 6) is 0.675. The van der Waals surface area contributed by atoms with E-state index in [4.69, 9.17) is 4.74 Å². The second-order valence-corrected chi connectivity index (χ2v) is 6.44. The van der Waals surface area contributed by atoms with Crippen molar-refractivity contribution < 1.29 is 13.9 Å². The number of allylic oxidation sites excluding steroid dienone is 1. The standard InChI is InChI=1S/C17H19FN4O2S/c1-2-7-22-16(13-3-5-14(18)6-4-13)19-20-17(22)25-12-15(23)21-8-10-24-11-9-21/h2-6H,1,7-12H2. The molecule has 2 aromatic rings. The van der Waals surface area contributed by atoms with Crippen molar-refractivity contribution >= 4 is 17.7 Å². The van der Waals surface area contributed by atoms with Crippen LogP contribution in [0.3, 0.4) is 0 Å². The molecule has 25 heavy (non-hydrogen) atoms. The van der Waals surface area contributed by atoms with Crippen LogP contribution in [0.4, 0.5) is 4.39 Å². The Morgan fingerprint density at radius 2 is 2.00 bits per heavy atom. The summed E-state index contributed by atoms with van der Waals surface area (Å²) in [7, 11) is 0. The Morgan fingerprint density at radius 1 is 1.28 bits per heavy atom. The van der Waals surface area contributed by atoms with Gasteiger partial charge in [-0.3, -0.25) is 9.36 Å². The van der Waals surface area contributed by atoms with Crippen LogP contribution in [0.2, 0.25) is 0 Å². The minimum absolute atomic E-state index is 0.0600. The van der Waals surface area contributed by atoms with Gasteiger partial charge in [-0.25, -0.2) is 4.39 Å². The first kappa shape index (κ1) is 17.6. The fourth-order valence-corrected chi connectivity index (χ4v) is 3.38. The highest BCUT2D eigenvalue weighted by atomic mass is 32.2. The van der Waals surface area contributed by atoms with Crippen LogP contribution in [0.5, 0.6) is 0 Å². The van der Waals surface area contributed by atoms with E-state index in [2.05, 4.69) is 16.8 Å². The highest BCUT2D eigenvalue weighted by Crippen LogP contribution is 2.24. The molecule has 1 saturated heterocycles. The van der Waals surface area contributed by atoms with Crippen molar-refractivity contribution in [2.24, 2.45) is 0 Å². The zero-order chi connectivity index (χ0) is 17.6. The molecule has 6 nitrogen and oxygen atoms in total. The summed E-state index contributed by atoms with van der Waals surface area (Å²) in [6.07, 6.45) is 1.74. The highest BCUT2D eigenvalue weighted by molar-refractivity contribution is 7.99. The summed E-state index contributed by atoms with van der Waals surface area (Å²) in [6, 6.07) is 6.09. The molecule has 132 valence electrons. The molecule has 1 aliphatic rings. The molecule has 0 saturated carbocycles. The lowest BCUT2D eigenvalue weighted by atomic mass is 10.2. The molecule has 3 rings (SSSR count). The van der Waals surface area contributed by atoms with Crippen molar-refractivity contribution in [2.45, 2.75) is 11.7 Å². The number of nitrogens with zero attached hydrogens (tertiary/aromatic N) is 4. The Balaban J connectivity index is 1.73. The largest absolute Gasteiger partial charge is 0.378 e. The molecule has 0 spiro atoms. The Labute approximate surface area is 149 Å². The molecule has 1 aromatic heterocycles. The average Bonchev–Trinajstić information content (AvgIpc) is 3.04. The lowest BCUT2D eigenvalue weighted by Crippen LogP contribution is -2.41. The van der Waals surface area contributed by atoms with E-state index in [1.807, 2.05) is 4.57 Å². The Kier molecular flexibility index (Phi) is 5.83. The van der Waals surface area contributed by atoms with Crippen LogP contribution in [0, 0.1) is 5.82 Å². The van der Waals surface area contributed by atoms with Gasteiger partial charge in [0.15, 0.2) is 11.0 Å². The number of benzene rings is 1. The van der Waals surface area contributed by atoms with Gasteiger partial charge in [-0.15, -0.1) is 16.8 Å². The lowest BCUT2D eigenvalue weighted by molar-refractivity contribution is -0.132. The van der Waals surface area contributed by atoms with E-state index in [9.17, 15) is 9.18 Å². The molecule has 1 amide bonds. The summed E-state index contributed by atoms with van der Waals surface area (Å²) in [5, 5.41) is 9.03. The van der Waals surface area contributed by atoms with Gasteiger partial charge < -0.3 is 9.64 Å². The van der Waals surface area contributed by atoms with E-state index in [1.165, 1.54) is 23.9 Å². The molecule has 0 bridgehead atoms. The van der Waals surface area contributed by atoms with E-state index >= 15 is 0 Å². The molecule has 1 aromatic carbocycles. The molecule has 2 heterocycles. The lowest BCUT2D eigenvalue weighted by Gasteiger charge is -2.26. The first-order valence-corrected chi connectivity index (χ1v) is 8.96. The number of amides is 1. The van der Waals surface area contributed by atoms with Crippen molar-refractivity contribution in [1.82, 2.24) is 19.7 Å². The maximum absolute atomic E-state index is 13.1. The third kappa shape index (κ3) is 4.26. The second kappa shape index (κ2) is 8.26. The van der Waals surface area contributed by atoms with Gasteiger partial charge in [0, 0.05) is 25.2 Å². The summed E-state index contributed by atoms with van der Waals surface area (Å²) in [4.78, 5) is 14.1. The van der Waals surface area contributed by atoms with Gasteiger partial charge in [0.05, 0.1) is 19.0 Å². The zero-order valence-corrected chi connectivity index (χ0v) is 14.5. The van der Waals surface area contributed by atoms with Crippen LogP contribution in [0.15, 0.2) is 42.1 Å². The monoisotopic (exact) mass is 362 g/mol. The van der Waals surface area contributed by atoms with Crippen LogP contribution in [-0.4, -0.2) is 57.6 Å². The van der Waals surface area contributed by atoms with Gasteiger partial charge in [0.25, 0.3) is 0 Å². The molecule has 0 radical (unpaired) electrons. The maximum atomic E-state index is 13.1. The van der Waals surface area contributed by atoms with E-state index in [0.29, 0.717) is 49.6 Å². The average molecular weight is 362 g/mol. The molecule has 8 heteroatoms. The zero-order valence-electron chi connectivity index (χ0n) is 13.7. The molecule has 0 aliphatic carbocycles. The summed E-state index contributed by atoms with van der Waals surface area (Å²) in [5.41, 5.74) is 0.766. The van der Waals surface area contributed by atoms with Gasteiger partial charge in [0.1, 0.15) is 5.82 Å². The Hall–Kier alpha value is -2.19. The number of hydrogen-bond acceptors (Lipinski definition) is 5. The molecule has 0 unspecified atom stereocenters. The maximum Gasteiger partial charge on any atom is 0.233 e. The van der Waals surface area contributed by atoms with Crippen LogP contribution in [-0.2, 0) is 16.1 Å². The molecular weight excluding hydrogens is 343 g/mol. The molecule has 1 fully saturated rings. The minimum Gasteiger partial charge on any atom is -0.378 e.